The number of hydrogen-bond acceptors (Lipinski definition) is 2. The van der Waals surface area contributed by atoms with Crippen molar-refractivity contribution in [3.8, 4) is 0 Å². The summed E-state index contributed by atoms with van der Waals surface area (Å²) in [6.45, 7) is 2.33. The van der Waals surface area contributed by atoms with Crippen molar-refractivity contribution in [2.75, 3.05) is 19.8 Å². The van der Waals surface area contributed by atoms with Crippen LogP contribution in [0.25, 0.3) is 0 Å². The summed E-state index contributed by atoms with van der Waals surface area (Å²) in [7, 11) is 0. The van der Waals surface area contributed by atoms with Gasteiger partial charge < -0.3 is 10.1 Å². The third kappa shape index (κ3) is 3.78. The number of ether oxygens (including phenoxy) is 1. The molecule has 0 radical (unpaired) electrons. The summed E-state index contributed by atoms with van der Waals surface area (Å²) >= 11 is 5.91. The van der Waals surface area contributed by atoms with E-state index in [1.165, 1.54) is 12.8 Å². The van der Waals surface area contributed by atoms with Crippen LogP contribution < -0.4 is 5.32 Å². The van der Waals surface area contributed by atoms with Crippen LogP contribution in [0.1, 0.15) is 37.7 Å². The quantitative estimate of drug-likeness (QED) is 0.748. The highest BCUT2D eigenvalue weighted by Crippen LogP contribution is 2.48. The van der Waals surface area contributed by atoms with Gasteiger partial charge in [-0.1, -0.05) is 23.7 Å². The van der Waals surface area contributed by atoms with Gasteiger partial charge in [0.2, 0.25) is 5.91 Å². The van der Waals surface area contributed by atoms with Gasteiger partial charge in [-0.15, -0.1) is 0 Å². The minimum atomic E-state index is -0.306. The van der Waals surface area contributed by atoms with E-state index in [9.17, 15) is 4.79 Å². The Hall–Kier alpha value is -1.06. The third-order valence-electron chi connectivity index (χ3n) is 4.38. The Morgan fingerprint density at radius 1 is 1.29 bits per heavy atom. The van der Waals surface area contributed by atoms with Gasteiger partial charge in [0, 0.05) is 24.8 Å². The lowest BCUT2D eigenvalue weighted by Gasteiger charge is -2.16. The second-order valence-electron chi connectivity index (χ2n) is 6.22. The van der Waals surface area contributed by atoms with Gasteiger partial charge in [0.05, 0.1) is 5.41 Å². The van der Waals surface area contributed by atoms with Crippen LogP contribution in [0.2, 0.25) is 5.02 Å². The van der Waals surface area contributed by atoms with Crippen molar-refractivity contribution >= 4 is 17.5 Å². The van der Waals surface area contributed by atoms with Crippen molar-refractivity contribution in [2.24, 2.45) is 5.92 Å². The molecule has 0 aromatic heterocycles. The van der Waals surface area contributed by atoms with Gasteiger partial charge in [0.1, 0.15) is 0 Å². The molecule has 2 aliphatic carbocycles. The van der Waals surface area contributed by atoms with Crippen LogP contribution in [-0.2, 0) is 14.9 Å². The first-order valence-corrected chi connectivity index (χ1v) is 8.21. The Morgan fingerprint density at radius 3 is 2.62 bits per heavy atom. The van der Waals surface area contributed by atoms with Crippen molar-refractivity contribution in [1.82, 2.24) is 5.32 Å². The average molecular weight is 308 g/mol. The first kappa shape index (κ1) is 14.9. The molecule has 114 valence electrons. The van der Waals surface area contributed by atoms with Crippen LogP contribution in [0.4, 0.5) is 0 Å². The van der Waals surface area contributed by atoms with Gasteiger partial charge in [0.25, 0.3) is 0 Å². The molecule has 3 nitrogen and oxygen atoms in total. The van der Waals surface area contributed by atoms with Crippen LogP contribution in [0.15, 0.2) is 24.3 Å². The Balaban J connectivity index is 1.40. The van der Waals surface area contributed by atoms with Crippen molar-refractivity contribution in [2.45, 2.75) is 37.5 Å². The van der Waals surface area contributed by atoms with E-state index in [0.717, 1.165) is 44.0 Å². The van der Waals surface area contributed by atoms with E-state index < -0.39 is 0 Å². The molecule has 1 aromatic rings. The number of rotatable bonds is 8. The molecule has 0 spiro atoms. The molecule has 21 heavy (non-hydrogen) atoms. The second kappa shape index (κ2) is 6.37. The molecule has 2 aliphatic rings. The maximum absolute atomic E-state index is 12.4. The lowest BCUT2D eigenvalue weighted by atomic mass is 9.95. The van der Waals surface area contributed by atoms with Crippen LogP contribution >= 0.6 is 11.6 Å². The first-order chi connectivity index (χ1) is 10.2. The molecule has 0 bridgehead atoms. The third-order valence-corrected chi connectivity index (χ3v) is 4.63. The highest BCUT2D eigenvalue weighted by Gasteiger charge is 2.50. The molecule has 3 rings (SSSR count). The molecule has 0 aliphatic heterocycles. The fourth-order valence-electron chi connectivity index (χ4n) is 2.62. The summed E-state index contributed by atoms with van der Waals surface area (Å²) in [4.78, 5) is 12.4. The van der Waals surface area contributed by atoms with Crippen LogP contribution in [0, 0.1) is 5.92 Å². The van der Waals surface area contributed by atoms with Crippen molar-refractivity contribution in [3.05, 3.63) is 34.9 Å². The molecule has 0 saturated heterocycles. The maximum atomic E-state index is 12.4. The predicted molar refractivity (Wildman–Crippen MR) is 83.5 cm³/mol. The predicted octanol–water partition coefficient (Wildman–Crippen LogP) is 3.30. The lowest BCUT2D eigenvalue weighted by Crippen LogP contribution is -2.35. The molecule has 2 fully saturated rings. The molecule has 2 saturated carbocycles. The average Bonchev–Trinajstić information content (AvgIpc) is 3.37. The zero-order valence-corrected chi connectivity index (χ0v) is 13.0. The number of amides is 1. The van der Waals surface area contributed by atoms with E-state index in [-0.39, 0.29) is 11.3 Å². The van der Waals surface area contributed by atoms with Crippen LogP contribution in [0.5, 0.6) is 0 Å². The summed E-state index contributed by atoms with van der Waals surface area (Å²) in [6, 6.07) is 7.65. The minimum Gasteiger partial charge on any atom is -0.381 e. The fourth-order valence-corrected chi connectivity index (χ4v) is 2.75. The summed E-state index contributed by atoms with van der Waals surface area (Å²) in [5, 5.41) is 3.76. The topological polar surface area (TPSA) is 38.3 Å². The standard InChI is InChI=1S/C17H22ClNO2/c18-15-6-4-14(5-7-15)17(8-9-17)16(20)19-10-1-11-21-12-13-2-3-13/h4-7,13H,1-3,8-12H2,(H,19,20). The fraction of sp³-hybridized carbons (Fsp3) is 0.588. The summed E-state index contributed by atoms with van der Waals surface area (Å²) < 4.78 is 5.57. The van der Waals surface area contributed by atoms with Crippen LogP contribution in [-0.4, -0.2) is 25.7 Å². The molecule has 1 aromatic carbocycles. The first-order valence-electron chi connectivity index (χ1n) is 7.83. The van der Waals surface area contributed by atoms with Crippen molar-refractivity contribution in [1.29, 1.82) is 0 Å². The van der Waals surface area contributed by atoms with Crippen molar-refractivity contribution in [3.63, 3.8) is 0 Å². The molecule has 0 atom stereocenters. The summed E-state index contributed by atoms with van der Waals surface area (Å²) in [5.41, 5.74) is 0.772. The molecule has 4 heteroatoms. The number of carbonyl (C=O) groups is 1. The van der Waals surface area contributed by atoms with Gasteiger partial charge in [-0.3, -0.25) is 4.79 Å². The molecular weight excluding hydrogens is 286 g/mol. The zero-order valence-electron chi connectivity index (χ0n) is 12.2. The largest absolute Gasteiger partial charge is 0.381 e. The Labute approximate surface area is 131 Å². The molecule has 1 N–H and O–H groups in total. The van der Waals surface area contributed by atoms with Gasteiger partial charge in [-0.25, -0.2) is 0 Å². The highest BCUT2D eigenvalue weighted by atomic mass is 35.5. The van der Waals surface area contributed by atoms with E-state index in [1.54, 1.807) is 0 Å². The van der Waals surface area contributed by atoms with Gasteiger partial charge in [-0.05, 0) is 55.7 Å². The number of carbonyl (C=O) groups excluding carboxylic acids is 1. The van der Waals surface area contributed by atoms with E-state index in [0.29, 0.717) is 11.6 Å². The number of nitrogens with one attached hydrogen (secondary N) is 1. The van der Waals surface area contributed by atoms with Gasteiger partial charge in [0.15, 0.2) is 0 Å². The number of halogens is 1. The van der Waals surface area contributed by atoms with E-state index in [4.69, 9.17) is 16.3 Å². The maximum Gasteiger partial charge on any atom is 0.230 e. The normalized spacial score (nSPS) is 19.3. The van der Waals surface area contributed by atoms with E-state index >= 15 is 0 Å². The molecular formula is C17H22ClNO2. The Kier molecular flexibility index (Phi) is 4.51. The number of benzene rings is 1. The monoisotopic (exact) mass is 307 g/mol. The van der Waals surface area contributed by atoms with E-state index in [2.05, 4.69) is 5.32 Å². The molecule has 0 heterocycles. The summed E-state index contributed by atoms with van der Waals surface area (Å²) in [5.74, 6) is 0.950. The van der Waals surface area contributed by atoms with Gasteiger partial charge >= 0.3 is 0 Å². The lowest BCUT2D eigenvalue weighted by molar-refractivity contribution is -0.123. The SMILES string of the molecule is O=C(NCCCOCC1CC1)C1(c2ccc(Cl)cc2)CC1. The van der Waals surface area contributed by atoms with Crippen molar-refractivity contribution < 1.29 is 9.53 Å². The Morgan fingerprint density at radius 2 is 2.00 bits per heavy atom. The highest BCUT2D eigenvalue weighted by molar-refractivity contribution is 6.30. The Bertz CT molecular complexity index is 492. The molecule has 0 unspecified atom stereocenters. The summed E-state index contributed by atoms with van der Waals surface area (Å²) in [6.07, 6.45) is 5.38. The number of hydrogen-bond donors (Lipinski definition) is 1. The smallest absolute Gasteiger partial charge is 0.230 e. The minimum absolute atomic E-state index is 0.145. The zero-order chi connectivity index (χ0) is 14.7. The molecule has 1 amide bonds. The van der Waals surface area contributed by atoms with Crippen LogP contribution in [0.3, 0.4) is 0 Å². The second-order valence-corrected chi connectivity index (χ2v) is 6.65. The van der Waals surface area contributed by atoms with E-state index in [1.807, 2.05) is 24.3 Å². The van der Waals surface area contributed by atoms with Gasteiger partial charge in [-0.2, -0.15) is 0 Å².